The van der Waals surface area contributed by atoms with E-state index in [2.05, 4.69) is 25.9 Å². The molecular formula is C14H15BrN2O2. The average Bonchev–Trinajstić information content (AvgIpc) is 2.92. The number of rotatable bonds is 3. The Balaban J connectivity index is 1.94. The number of hydrogen-bond acceptors (Lipinski definition) is 3. The molecule has 1 aliphatic carbocycles. The van der Waals surface area contributed by atoms with E-state index in [4.69, 9.17) is 4.74 Å². The van der Waals surface area contributed by atoms with Crippen molar-refractivity contribution in [2.45, 2.75) is 32.1 Å². The number of H-pyrrole nitrogens is 1. The van der Waals surface area contributed by atoms with Crippen molar-refractivity contribution >= 4 is 32.8 Å². The quantitative estimate of drug-likeness (QED) is 0.882. The topological polar surface area (TPSA) is 55.0 Å². The fraction of sp³-hybridized carbons (Fsp3) is 0.429. The molecule has 100 valence electrons. The van der Waals surface area contributed by atoms with Crippen LogP contribution in [-0.4, -0.2) is 22.5 Å². The van der Waals surface area contributed by atoms with Gasteiger partial charge in [-0.15, -0.1) is 0 Å². The van der Waals surface area contributed by atoms with Crippen LogP contribution in [-0.2, 0) is 16.0 Å². The number of esters is 1. The van der Waals surface area contributed by atoms with Crippen LogP contribution < -0.4 is 0 Å². The number of nitrogens with one attached hydrogen (secondary N) is 1. The van der Waals surface area contributed by atoms with Gasteiger partial charge in [-0.05, 0) is 41.3 Å². The van der Waals surface area contributed by atoms with Gasteiger partial charge in [-0.25, -0.2) is 0 Å². The summed E-state index contributed by atoms with van der Waals surface area (Å²) in [6.07, 6.45) is 6.13. The number of hydrogen-bond donors (Lipinski definition) is 1. The molecule has 2 heterocycles. The fourth-order valence-corrected chi connectivity index (χ4v) is 3.28. The van der Waals surface area contributed by atoms with Gasteiger partial charge in [0.05, 0.1) is 23.0 Å². The number of aryl methyl sites for hydroxylation is 1. The van der Waals surface area contributed by atoms with Crippen molar-refractivity contribution in [3.63, 3.8) is 0 Å². The van der Waals surface area contributed by atoms with Crippen LogP contribution in [0.15, 0.2) is 16.9 Å². The molecule has 0 aliphatic heterocycles. The Labute approximate surface area is 119 Å². The molecule has 19 heavy (non-hydrogen) atoms. The van der Waals surface area contributed by atoms with E-state index in [-0.39, 0.29) is 11.9 Å². The number of aromatic amines is 1. The summed E-state index contributed by atoms with van der Waals surface area (Å²) in [6, 6.07) is 0. The Hall–Kier alpha value is -1.36. The lowest BCUT2D eigenvalue weighted by molar-refractivity contribution is -0.143. The fourth-order valence-electron chi connectivity index (χ4n) is 2.85. The highest BCUT2D eigenvalue weighted by Gasteiger charge is 2.29. The van der Waals surface area contributed by atoms with Crippen LogP contribution >= 0.6 is 15.9 Å². The van der Waals surface area contributed by atoms with Gasteiger partial charge >= 0.3 is 5.97 Å². The number of ether oxygens (including phenoxy) is 1. The second-order valence-corrected chi connectivity index (χ2v) is 5.66. The summed E-state index contributed by atoms with van der Waals surface area (Å²) in [4.78, 5) is 19.3. The van der Waals surface area contributed by atoms with E-state index in [1.807, 2.05) is 13.1 Å². The predicted octanol–water partition coefficient (Wildman–Crippen LogP) is 3.31. The normalized spacial score (nSPS) is 17.7. The minimum Gasteiger partial charge on any atom is -0.466 e. The predicted molar refractivity (Wildman–Crippen MR) is 76.1 cm³/mol. The smallest absolute Gasteiger partial charge is 0.306 e. The molecule has 0 radical (unpaired) electrons. The van der Waals surface area contributed by atoms with Gasteiger partial charge in [0.25, 0.3) is 0 Å². The van der Waals surface area contributed by atoms with Crippen molar-refractivity contribution in [2.24, 2.45) is 0 Å². The Morgan fingerprint density at radius 2 is 2.42 bits per heavy atom. The maximum absolute atomic E-state index is 11.6. The summed E-state index contributed by atoms with van der Waals surface area (Å²) in [5.74, 6) is 0.129. The van der Waals surface area contributed by atoms with Gasteiger partial charge in [-0.1, -0.05) is 0 Å². The molecule has 0 fully saturated rings. The van der Waals surface area contributed by atoms with Crippen LogP contribution in [0.4, 0.5) is 0 Å². The zero-order valence-corrected chi connectivity index (χ0v) is 12.3. The van der Waals surface area contributed by atoms with E-state index in [0.29, 0.717) is 13.0 Å². The standard InChI is InChI=1S/C14H15BrN2O2/c1-2-19-12(18)5-8-3-4-9-10-6-16-7-11(15)14(10)17-13(8)9/h6-8,17H,2-5H2,1H3. The van der Waals surface area contributed by atoms with Gasteiger partial charge in [0.1, 0.15) is 0 Å². The molecule has 0 saturated heterocycles. The minimum atomic E-state index is -0.115. The van der Waals surface area contributed by atoms with Crippen molar-refractivity contribution < 1.29 is 9.53 Å². The third-order valence-corrected chi connectivity index (χ3v) is 4.28. The summed E-state index contributed by atoms with van der Waals surface area (Å²) in [6.45, 7) is 2.28. The van der Waals surface area contributed by atoms with Gasteiger partial charge in [0, 0.05) is 29.4 Å². The molecule has 5 heteroatoms. The number of pyridine rings is 1. The van der Waals surface area contributed by atoms with E-state index in [1.165, 1.54) is 11.3 Å². The highest BCUT2D eigenvalue weighted by Crippen LogP contribution is 2.40. The molecule has 1 aliphatic rings. The maximum atomic E-state index is 11.6. The molecular weight excluding hydrogens is 308 g/mol. The molecule has 0 aromatic carbocycles. The van der Waals surface area contributed by atoms with Crippen molar-refractivity contribution in [1.29, 1.82) is 0 Å². The highest BCUT2D eigenvalue weighted by molar-refractivity contribution is 9.10. The zero-order chi connectivity index (χ0) is 13.4. The molecule has 1 atom stereocenters. The number of carbonyl (C=O) groups excluding carboxylic acids is 1. The maximum Gasteiger partial charge on any atom is 0.306 e. The second-order valence-electron chi connectivity index (χ2n) is 4.81. The third kappa shape index (κ3) is 2.16. The van der Waals surface area contributed by atoms with Crippen LogP contribution in [0.1, 0.15) is 36.9 Å². The number of aromatic nitrogens is 2. The molecule has 0 bridgehead atoms. The van der Waals surface area contributed by atoms with Crippen LogP contribution in [0.25, 0.3) is 10.9 Å². The Morgan fingerprint density at radius 3 is 3.21 bits per heavy atom. The Bertz CT molecular complexity index is 636. The van der Waals surface area contributed by atoms with Crippen molar-refractivity contribution in [3.05, 3.63) is 28.1 Å². The van der Waals surface area contributed by atoms with E-state index in [1.54, 1.807) is 6.20 Å². The Kier molecular flexibility index (Phi) is 3.31. The van der Waals surface area contributed by atoms with Gasteiger partial charge in [-0.3, -0.25) is 9.78 Å². The first-order valence-corrected chi connectivity index (χ1v) is 7.29. The highest BCUT2D eigenvalue weighted by atomic mass is 79.9. The molecule has 1 unspecified atom stereocenters. The second kappa shape index (κ2) is 4.96. The first-order valence-electron chi connectivity index (χ1n) is 6.50. The summed E-state index contributed by atoms with van der Waals surface area (Å²) in [7, 11) is 0. The SMILES string of the molecule is CCOC(=O)CC1CCc2c1[nH]c1c(Br)cncc21. The number of fused-ring (bicyclic) bond motifs is 3. The minimum absolute atomic E-state index is 0.115. The summed E-state index contributed by atoms with van der Waals surface area (Å²) in [5, 5.41) is 1.16. The van der Waals surface area contributed by atoms with Crippen molar-refractivity contribution in [2.75, 3.05) is 6.61 Å². The van der Waals surface area contributed by atoms with Crippen LogP contribution in [0.5, 0.6) is 0 Å². The first kappa shape index (κ1) is 12.7. The lowest BCUT2D eigenvalue weighted by Crippen LogP contribution is -2.09. The summed E-state index contributed by atoms with van der Waals surface area (Å²) < 4.78 is 6.01. The molecule has 2 aromatic heterocycles. The van der Waals surface area contributed by atoms with Gasteiger partial charge in [0.15, 0.2) is 0 Å². The van der Waals surface area contributed by atoms with E-state index in [0.717, 1.165) is 28.2 Å². The molecule has 0 saturated carbocycles. The number of nitrogens with zero attached hydrogens (tertiary/aromatic N) is 1. The molecule has 2 aromatic rings. The van der Waals surface area contributed by atoms with E-state index in [9.17, 15) is 4.79 Å². The zero-order valence-electron chi connectivity index (χ0n) is 10.7. The molecule has 1 N–H and O–H groups in total. The first-order chi connectivity index (χ1) is 9.20. The van der Waals surface area contributed by atoms with Gasteiger partial charge < -0.3 is 9.72 Å². The van der Waals surface area contributed by atoms with E-state index >= 15 is 0 Å². The van der Waals surface area contributed by atoms with Crippen molar-refractivity contribution in [3.8, 4) is 0 Å². The van der Waals surface area contributed by atoms with Gasteiger partial charge in [0.2, 0.25) is 0 Å². The third-order valence-electron chi connectivity index (χ3n) is 3.68. The number of halogens is 1. The monoisotopic (exact) mass is 322 g/mol. The van der Waals surface area contributed by atoms with Crippen LogP contribution in [0.2, 0.25) is 0 Å². The lowest BCUT2D eigenvalue weighted by Gasteiger charge is -2.08. The molecule has 4 nitrogen and oxygen atoms in total. The lowest BCUT2D eigenvalue weighted by atomic mass is 10.0. The van der Waals surface area contributed by atoms with Gasteiger partial charge in [-0.2, -0.15) is 0 Å². The molecule has 0 amide bonds. The number of carbonyl (C=O) groups is 1. The van der Waals surface area contributed by atoms with Crippen LogP contribution in [0, 0.1) is 0 Å². The summed E-state index contributed by atoms with van der Waals surface area (Å²) in [5.41, 5.74) is 3.56. The average molecular weight is 323 g/mol. The van der Waals surface area contributed by atoms with Crippen LogP contribution in [0.3, 0.4) is 0 Å². The summed E-state index contributed by atoms with van der Waals surface area (Å²) >= 11 is 3.51. The Morgan fingerprint density at radius 1 is 1.58 bits per heavy atom. The molecule has 0 spiro atoms. The van der Waals surface area contributed by atoms with E-state index < -0.39 is 0 Å². The van der Waals surface area contributed by atoms with Crippen molar-refractivity contribution in [1.82, 2.24) is 9.97 Å². The molecule has 3 rings (SSSR count). The largest absolute Gasteiger partial charge is 0.466 e.